The molecule has 0 bridgehead atoms. The number of nitrogens with one attached hydrogen (secondary N) is 1. The number of ketones is 1. The molecule has 0 aromatic heterocycles. The third kappa shape index (κ3) is 8.66. The Morgan fingerprint density at radius 3 is 2.77 bits per heavy atom. The number of unbranched alkanes of at least 4 members (excludes halogenated alkanes) is 1. The summed E-state index contributed by atoms with van der Waals surface area (Å²) in [4.78, 5) is 24.0. The summed E-state index contributed by atoms with van der Waals surface area (Å²) < 4.78 is 0. The zero-order valence-corrected chi connectivity index (χ0v) is 18.3. The van der Waals surface area contributed by atoms with Crippen LogP contribution in [-0.4, -0.2) is 29.4 Å². The Balaban J connectivity index is 1.33. The topological polar surface area (TPSA) is 66.4 Å². The fourth-order valence-electron chi connectivity index (χ4n) is 3.85. The van der Waals surface area contributed by atoms with Gasteiger partial charge < -0.3 is 10.4 Å². The molecule has 1 aromatic rings. The number of hydrogen-bond donors (Lipinski definition) is 2. The molecular weight excluding hydrogens is 386 g/mol. The highest BCUT2D eigenvalue weighted by Crippen LogP contribution is 2.28. The molecule has 1 fully saturated rings. The van der Waals surface area contributed by atoms with E-state index in [1.54, 1.807) is 12.2 Å². The van der Waals surface area contributed by atoms with Gasteiger partial charge in [-0.1, -0.05) is 60.7 Å². The van der Waals surface area contributed by atoms with Crippen molar-refractivity contribution in [1.82, 2.24) is 5.32 Å². The number of rotatable bonds is 13. The molecule has 1 aromatic carbocycles. The Hall–Kier alpha value is -2.46. The minimum atomic E-state index is -0.546. The maximum atomic E-state index is 12.2. The molecule has 166 valence electrons. The van der Waals surface area contributed by atoms with Crippen LogP contribution in [0, 0.1) is 17.8 Å². The zero-order valence-electron chi connectivity index (χ0n) is 18.3. The lowest BCUT2D eigenvalue weighted by Gasteiger charge is -2.13. The molecule has 2 aliphatic rings. The maximum absolute atomic E-state index is 12.2. The maximum Gasteiger partial charge on any atom is 0.220 e. The van der Waals surface area contributed by atoms with Crippen molar-refractivity contribution in [3.05, 3.63) is 72.4 Å². The Kier molecular flexibility index (Phi) is 9.29. The first-order chi connectivity index (χ1) is 15.1. The van der Waals surface area contributed by atoms with Crippen molar-refractivity contribution < 1.29 is 14.7 Å². The minimum absolute atomic E-state index is 0.109. The van der Waals surface area contributed by atoms with Crippen LogP contribution in [0.15, 0.2) is 66.8 Å². The van der Waals surface area contributed by atoms with Crippen molar-refractivity contribution in [3.8, 4) is 0 Å². The van der Waals surface area contributed by atoms with Crippen LogP contribution in [0.1, 0.15) is 50.5 Å². The van der Waals surface area contributed by atoms with Crippen LogP contribution in [0.5, 0.6) is 0 Å². The number of hydrogen-bond acceptors (Lipinski definition) is 3. The van der Waals surface area contributed by atoms with Crippen LogP contribution in [0.4, 0.5) is 0 Å². The second-order valence-electron chi connectivity index (χ2n) is 8.77. The highest BCUT2D eigenvalue weighted by Gasteiger charge is 2.27. The summed E-state index contributed by atoms with van der Waals surface area (Å²) in [7, 11) is 0. The third-order valence-electron chi connectivity index (χ3n) is 6.04. The summed E-state index contributed by atoms with van der Waals surface area (Å²) in [6.45, 7) is 0.840. The zero-order chi connectivity index (χ0) is 21.9. The van der Waals surface area contributed by atoms with Crippen LogP contribution >= 0.6 is 0 Å². The Morgan fingerprint density at radius 1 is 1.19 bits per heavy atom. The predicted molar refractivity (Wildman–Crippen MR) is 124 cm³/mol. The molecule has 0 radical (unpaired) electrons. The van der Waals surface area contributed by atoms with Gasteiger partial charge in [-0.25, -0.2) is 0 Å². The van der Waals surface area contributed by atoms with Crippen molar-refractivity contribution in [2.45, 2.75) is 57.5 Å². The van der Waals surface area contributed by atoms with E-state index < -0.39 is 6.10 Å². The lowest BCUT2D eigenvalue weighted by atomic mass is 9.90. The van der Waals surface area contributed by atoms with E-state index in [9.17, 15) is 14.7 Å². The summed E-state index contributed by atoms with van der Waals surface area (Å²) in [5.41, 5.74) is 1.21. The molecule has 4 nitrogen and oxygen atoms in total. The number of benzene rings is 1. The van der Waals surface area contributed by atoms with Gasteiger partial charge in [0.2, 0.25) is 5.91 Å². The van der Waals surface area contributed by atoms with Gasteiger partial charge in [-0.15, -0.1) is 0 Å². The first-order valence-electron chi connectivity index (χ1n) is 11.7. The molecule has 0 unspecified atom stereocenters. The van der Waals surface area contributed by atoms with E-state index in [1.165, 1.54) is 18.4 Å². The second kappa shape index (κ2) is 12.4. The summed E-state index contributed by atoms with van der Waals surface area (Å²) in [6, 6.07) is 10.1. The fourth-order valence-corrected chi connectivity index (χ4v) is 3.85. The standard InChI is InChI=1S/C27H35NO3/c29-24(16-14-21-8-4-3-5-9-21)17-18-25-23(15-19-26(25)30)10-6-1-2-7-11-27(31)28-20-22-12-13-22/h1,3-6,8-9,15,17-19,22-25,29H,2,7,10-14,16,20H2,(H,28,31)/b6-1-,18-17+/t23-,24-,25+/m0/s1. The van der Waals surface area contributed by atoms with Crippen LogP contribution in [0.25, 0.3) is 0 Å². The molecule has 0 heterocycles. The lowest BCUT2D eigenvalue weighted by Crippen LogP contribution is -2.24. The van der Waals surface area contributed by atoms with Crippen molar-refractivity contribution in [2.24, 2.45) is 17.8 Å². The summed E-state index contributed by atoms with van der Waals surface area (Å²) in [5, 5.41) is 13.3. The second-order valence-corrected chi connectivity index (χ2v) is 8.77. The number of allylic oxidation sites excluding steroid dienone is 5. The number of aliphatic hydroxyl groups excluding tert-OH is 1. The van der Waals surface area contributed by atoms with Gasteiger partial charge in [0.05, 0.1) is 6.10 Å². The van der Waals surface area contributed by atoms with Gasteiger partial charge in [-0.3, -0.25) is 9.59 Å². The minimum Gasteiger partial charge on any atom is -0.389 e. The van der Waals surface area contributed by atoms with E-state index in [0.717, 1.165) is 38.1 Å². The number of aliphatic hydroxyl groups is 1. The average molecular weight is 422 g/mol. The van der Waals surface area contributed by atoms with Crippen molar-refractivity contribution in [1.29, 1.82) is 0 Å². The fraction of sp³-hybridized carbons (Fsp3) is 0.481. The Morgan fingerprint density at radius 2 is 2.00 bits per heavy atom. The van der Waals surface area contributed by atoms with E-state index in [2.05, 4.69) is 29.6 Å². The van der Waals surface area contributed by atoms with Gasteiger partial charge in [-0.2, -0.15) is 0 Å². The smallest absolute Gasteiger partial charge is 0.220 e. The van der Waals surface area contributed by atoms with Crippen molar-refractivity contribution in [3.63, 3.8) is 0 Å². The first kappa shape index (κ1) is 23.2. The van der Waals surface area contributed by atoms with Gasteiger partial charge >= 0.3 is 0 Å². The lowest BCUT2D eigenvalue weighted by molar-refractivity contribution is -0.121. The van der Waals surface area contributed by atoms with Gasteiger partial charge in [0.15, 0.2) is 5.78 Å². The van der Waals surface area contributed by atoms with E-state index in [-0.39, 0.29) is 23.5 Å². The number of carbonyl (C=O) groups excluding carboxylic acids is 2. The van der Waals surface area contributed by atoms with Crippen LogP contribution in [0.3, 0.4) is 0 Å². The van der Waals surface area contributed by atoms with E-state index in [4.69, 9.17) is 0 Å². The molecule has 2 aliphatic carbocycles. The number of carbonyl (C=O) groups is 2. The molecule has 3 rings (SSSR count). The highest BCUT2D eigenvalue weighted by atomic mass is 16.3. The Bertz CT molecular complexity index is 792. The van der Waals surface area contributed by atoms with Gasteiger partial charge in [0, 0.05) is 18.9 Å². The molecule has 4 heteroatoms. The van der Waals surface area contributed by atoms with E-state index in [0.29, 0.717) is 12.8 Å². The monoisotopic (exact) mass is 421 g/mol. The quantitative estimate of drug-likeness (QED) is 0.363. The number of aryl methyl sites for hydroxylation is 1. The summed E-state index contributed by atoms with van der Waals surface area (Å²) in [6.07, 6.45) is 18.0. The summed E-state index contributed by atoms with van der Waals surface area (Å²) >= 11 is 0. The molecular formula is C27H35NO3. The van der Waals surface area contributed by atoms with Gasteiger partial charge in [-0.05, 0) is 68.4 Å². The van der Waals surface area contributed by atoms with Crippen LogP contribution < -0.4 is 5.32 Å². The third-order valence-corrected chi connectivity index (χ3v) is 6.04. The van der Waals surface area contributed by atoms with Crippen LogP contribution in [0.2, 0.25) is 0 Å². The average Bonchev–Trinajstić information content (AvgIpc) is 3.55. The molecule has 0 spiro atoms. The summed E-state index contributed by atoms with van der Waals surface area (Å²) in [5.74, 6) is 0.934. The van der Waals surface area contributed by atoms with Gasteiger partial charge in [0.25, 0.3) is 0 Å². The van der Waals surface area contributed by atoms with Crippen molar-refractivity contribution in [2.75, 3.05) is 6.54 Å². The molecule has 2 N–H and O–H groups in total. The largest absolute Gasteiger partial charge is 0.389 e. The molecule has 0 aliphatic heterocycles. The predicted octanol–water partition coefficient (Wildman–Crippen LogP) is 4.55. The Labute approximate surface area is 186 Å². The number of amides is 1. The molecule has 1 amide bonds. The normalized spacial score (nSPS) is 21.9. The van der Waals surface area contributed by atoms with Crippen molar-refractivity contribution >= 4 is 11.7 Å². The molecule has 3 atom stereocenters. The molecule has 31 heavy (non-hydrogen) atoms. The molecule has 0 saturated heterocycles. The van der Waals surface area contributed by atoms with Crippen LogP contribution in [-0.2, 0) is 16.0 Å². The van der Waals surface area contributed by atoms with E-state index in [1.807, 2.05) is 30.4 Å². The van der Waals surface area contributed by atoms with E-state index >= 15 is 0 Å². The highest BCUT2D eigenvalue weighted by molar-refractivity contribution is 5.95. The SMILES string of the molecule is O=C(CCC/C=C\C[C@H]1C=CC(=O)[C@@H]1/C=C/[C@@H](O)CCc1ccccc1)NCC1CC1. The first-order valence-corrected chi connectivity index (χ1v) is 11.7. The molecule has 1 saturated carbocycles. The van der Waals surface area contributed by atoms with Gasteiger partial charge in [0.1, 0.15) is 0 Å².